The number of nitrogens with one attached hydrogen (secondary N) is 1. The highest BCUT2D eigenvalue weighted by Crippen LogP contribution is 2.39. The van der Waals surface area contributed by atoms with Crippen LogP contribution < -0.4 is 5.32 Å². The molecular weight excluding hydrogens is 959 g/mol. The molecule has 0 spiro atoms. The molecule has 0 atom stereocenters. The molecule has 0 aliphatic carbocycles. The molecule has 0 radical (unpaired) electrons. The molecule has 0 fully saturated rings. The first-order chi connectivity index (χ1) is 37.0. The van der Waals surface area contributed by atoms with Crippen LogP contribution in [0.5, 0.6) is 0 Å². The van der Waals surface area contributed by atoms with E-state index < -0.39 is 5.60 Å². The van der Waals surface area contributed by atoms with Crippen molar-refractivity contribution >= 4 is 40.2 Å². The Morgan fingerprint density at radius 3 is 1.38 bits per heavy atom. The lowest BCUT2D eigenvalue weighted by Crippen LogP contribution is -2.41. The molecule has 0 saturated heterocycles. The molecule has 2 rings (SSSR count). The van der Waals surface area contributed by atoms with E-state index in [9.17, 15) is 14.4 Å². The summed E-state index contributed by atoms with van der Waals surface area (Å²) < 4.78 is 5.75. The van der Waals surface area contributed by atoms with Crippen LogP contribution in [0, 0.1) is 0 Å². The standard InChI is InChI=1S/C67H115N3O5S/c1-7-10-13-16-19-22-25-28-31-34-37-40-43-46-49-52-56-70(62(72)54-51-48-45-42-39-36-33-30-27-24-21-18-15-12-9-3)65(73)63-59-55-57-69(66(74)75-67(4,5)6)58-60(59)76-64(63)68-61(71)53-50-47-44-41-38-35-32-29-26-23-20-17-14-11-8-2/h20-21,23-24,29-30,32-33H,7-19,22,25-28,31,34-58H2,1-6H3,(H,68,71)/b23-20-,24-21-,32-29-,33-30-. The lowest BCUT2D eigenvalue weighted by atomic mass is 10.0. The minimum atomic E-state index is -0.634. The van der Waals surface area contributed by atoms with Crippen LogP contribution in [0.3, 0.4) is 0 Å². The maximum absolute atomic E-state index is 15.0. The molecule has 0 unspecified atom stereocenters. The van der Waals surface area contributed by atoms with Crippen LogP contribution in [0.4, 0.5) is 9.80 Å². The number of thiophene rings is 1. The molecular formula is C67H115N3O5S. The fourth-order valence-corrected chi connectivity index (χ4v) is 11.3. The number of ether oxygens (including phenoxy) is 1. The minimum Gasteiger partial charge on any atom is -0.444 e. The Labute approximate surface area is 471 Å². The second kappa shape index (κ2) is 46.5. The summed E-state index contributed by atoms with van der Waals surface area (Å²) in [6, 6.07) is 0. The Morgan fingerprint density at radius 1 is 0.526 bits per heavy atom. The number of imide groups is 1. The normalized spacial score (nSPS) is 13.0. The molecule has 0 saturated carbocycles. The fourth-order valence-electron chi connectivity index (χ4n) is 10.0. The molecule has 1 aromatic rings. The van der Waals surface area contributed by atoms with Crippen LogP contribution in [0.1, 0.15) is 319 Å². The van der Waals surface area contributed by atoms with Gasteiger partial charge in [0.05, 0.1) is 12.1 Å². The fraction of sp³-hybridized carbons (Fsp3) is 0.761. The predicted molar refractivity (Wildman–Crippen MR) is 328 cm³/mol. The van der Waals surface area contributed by atoms with Crippen molar-refractivity contribution in [2.45, 2.75) is 317 Å². The summed E-state index contributed by atoms with van der Waals surface area (Å²) in [7, 11) is 0. The Hall–Kier alpha value is -3.46. The Balaban J connectivity index is 2.06. The summed E-state index contributed by atoms with van der Waals surface area (Å²) >= 11 is 1.38. The van der Waals surface area contributed by atoms with E-state index in [1.54, 1.807) is 4.90 Å². The van der Waals surface area contributed by atoms with Crippen molar-refractivity contribution < 1.29 is 23.9 Å². The molecule has 9 heteroatoms. The predicted octanol–water partition coefficient (Wildman–Crippen LogP) is 20.8. The molecule has 434 valence electrons. The van der Waals surface area contributed by atoms with Crippen molar-refractivity contribution in [3.05, 3.63) is 64.6 Å². The van der Waals surface area contributed by atoms with Gasteiger partial charge in [-0.05, 0) is 116 Å². The van der Waals surface area contributed by atoms with Crippen molar-refractivity contribution in [1.82, 2.24) is 9.80 Å². The van der Waals surface area contributed by atoms with Crippen molar-refractivity contribution in [2.75, 3.05) is 18.4 Å². The van der Waals surface area contributed by atoms with Crippen LogP contribution in [0.2, 0.25) is 0 Å². The van der Waals surface area contributed by atoms with Crippen LogP contribution in [-0.2, 0) is 27.3 Å². The SMILES string of the molecule is CCCCC/C=C\C/C=C\CCCCCCCC(=O)Nc1sc2c(c1C(=O)N(CCCCCCCCCCCCCCCCCC)C(=O)CCCCCCC/C=C\C/C=C\CCCCC)CCN(C(=O)OC(C)(C)C)C2. The number of anilines is 1. The first kappa shape index (κ1) is 68.6. The van der Waals surface area contributed by atoms with Crippen molar-refractivity contribution in [2.24, 2.45) is 0 Å². The summed E-state index contributed by atoms with van der Waals surface area (Å²) in [5, 5.41) is 3.67. The summed E-state index contributed by atoms with van der Waals surface area (Å²) in [6.45, 7) is 13.4. The van der Waals surface area contributed by atoms with Gasteiger partial charge in [0, 0.05) is 30.8 Å². The number of nitrogens with zero attached hydrogens (tertiary/aromatic N) is 2. The summed E-state index contributed by atoms with van der Waals surface area (Å²) in [5.41, 5.74) is 0.663. The van der Waals surface area contributed by atoms with Crippen LogP contribution in [-0.4, -0.2) is 52.3 Å². The number of rotatable bonds is 47. The first-order valence-electron chi connectivity index (χ1n) is 31.9. The second-order valence-electron chi connectivity index (χ2n) is 23.0. The van der Waals surface area contributed by atoms with Gasteiger partial charge in [0.15, 0.2) is 0 Å². The summed E-state index contributed by atoms with van der Waals surface area (Å²) in [4.78, 5) is 60.3. The average molecular weight is 1070 g/mol. The van der Waals surface area contributed by atoms with Crippen LogP contribution in [0.15, 0.2) is 48.6 Å². The van der Waals surface area contributed by atoms with E-state index in [0.717, 1.165) is 120 Å². The number of allylic oxidation sites excluding steroid dienone is 8. The zero-order chi connectivity index (χ0) is 55.2. The molecule has 0 aromatic carbocycles. The van der Waals surface area contributed by atoms with E-state index in [-0.39, 0.29) is 23.8 Å². The topological polar surface area (TPSA) is 96.0 Å². The first-order valence-corrected chi connectivity index (χ1v) is 32.7. The number of hydrogen-bond acceptors (Lipinski definition) is 6. The van der Waals surface area contributed by atoms with Gasteiger partial charge in [-0.2, -0.15) is 0 Å². The summed E-state index contributed by atoms with van der Waals surface area (Å²) in [6.07, 6.45) is 63.7. The maximum Gasteiger partial charge on any atom is 0.410 e. The van der Waals surface area contributed by atoms with Crippen molar-refractivity contribution in [3.8, 4) is 0 Å². The van der Waals surface area contributed by atoms with Gasteiger partial charge in [0.25, 0.3) is 5.91 Å². The van der Waals surface area contributed by atoms with E-state index in [1.165, 1.54) is 151 Å². The molecule has 8 nitrogen and oxygen atoms in total. The van der Waals surface area contributed by atoms with E-state index in [1.807, 2.05) is 20.8 Å². The van der Waals surface area contributed by atoms with E-state index >= 15 is 4.79 Å². The monoisotopic (exact) mass is 1070 g/mol. The highest BCUT2D eigenvalue weighted by atomic mass is 32.1. The third-order valence-electron chi connectivity index (χ3n) is 14.7. The molecule has 1 N–H and O–H groups in total. The van der Waals surface area contributed by atoms with Gasteiger partial charge in [-0.3, -0.25) is 19.3 Å². The number of fused-ring (bicyclic) bond motifs is 1. The molecule has 1 aliphatic heterocycles. The number of carbonyl (C=O) groups is 4. The Bertz CT molecular complexity index is 1770. The lowest BCUT2D eigenvalue weighted by molar-refractivity contribution is -0.128. The number of unbranched alkanes of at least 4 members (excludes halogenated alkanes) is 31. The highest BCUT2D eigenvalue weighted by Gasteiger charge is 2.35. The minimum absolute atomic E-state index is 0.108. The average Bonchev–Trinajstić information content (AvgIpc) is 3.75. The smallest absolute Gasteiger partial charge is 0.410 e. The van der Waals surface area contributed by atoms with E-state index in [2.05, 4.69) is 74.7 Å². The van der Waals surface area contributed by atoms with Crippen LogP contribution >= 0.6 is 11.3 Å². The van der Waals surface area contributed by atoms with Gasteiger partial charge in [-0.15, -0.1) is 11.3 Å². The van der Waals surface area contributed by atoms with Gasteiger partial charge >= 0.3 is 6.09 Å². The second-order valence-corrected chi connectivity index (χ2v) is 24.1. The zero-order valence-corrected chi connectivity index (χ0v) is 50.9. The molecule has 1 aliphatic rings. The molecule has 2 heterocycles. The van der Waals surface area contributed by atoms with Gasteiger partial charge in [0.2, 0.25) is 11.8 Å². The summed E-state index contributed by atoms with van der Waals surface area (Å²) in [5.74, 6) is -0.530. The largest absolute Gasteiger partial charge is 0.444 e. The van der Waals surface area contributed by atoms with E-state index in [0.29, 0.717) is 49.5 Å². The zero-order valence-electron chi connectivity index (χ0n) is 50.1. The van der Waals surface area contributed by atoms with Gasteiger partial charge in [0.1, 0.15) is 10.6 Å². The molecule has 76 heavy (non-hydrogen) atoms. The maximum atomic E-state index is 15.0. The van der Waals surface area contributed by atoms with Crippen LogP contribution in [0.25, 0.3) is 0 Å². The van der Waals surface area contributed by atoms with Crippen molar-refractivity contribution in [1.29, 1.82) is 0 Å². The highest BCUT2D eigenvalue weighted by molar-refractivity contribution is 7.17. The Morgan fingerprint density at radius 2 is 0.921 bits per heavy atom. The van der Waals surface area contributed by atoms with Crippen molar-refractivity contribution in [3.63, 3.8) is 0 Å². The van der Waals surface area contributed by atoms with Gasteiger partial charge < -0.3 is 15.0 Å². The quantitative estimate of drug-likeness (QED) is 0.0518. The molecule has 1 aromatic heterocycles. The number of hydrogen-bond donors (Lipinski definition) is 1. The Kier molecular flexibility index (Phi) is 42.0. The van der Waals surface area contributed by atoms with Gasteiger partial charge in [-0.1, -0.05) is 230 Å². The molecule has 0 bridgehead atoms. The third kappa shape index (κ3) is 35.1. The lowest BCUT2D eigenvalue weighted by Gasteiger charge is -2.30. The number of carbonyl (C=O) groups excluding carboxylic acids is 4. The van der Waals surface area contributed by atoms with E-state index in [4.69, 9.17) is 4.74 Å². The number of amides is 4. The molecule has 4 amide bonds. The third-order valence-corrected chi connectivity index (χ3v) is 15.8. The van der Waals surface area contributed by atoms with Gasteiger partial charge in [-0.25, -0.2) is 4.79 Å².